The van der Waals surface area contributed by atoms with E-state index in [0.29, 0.717) is 60.7 Å². The number of hydrogen-bond acceptors (Lipinski definition) is 8. The number of anilines is 1. The van der Waals surface area contributed by atoms with E-state index < -0.39 is 12.1 Å². The second-order valence-electron chi connectivity index (χ2n) is 11.5. The largest absolute Gasteiger partial charge is 0.493 e. The summed E-state index contributed by atoms with van der Waals surface area (Å²) >= 11 is 1.64. The molecule has 5 rings (SSSR count). The van der Waals surface area contributed by atoms with Crippen LogP contribution in [0.4, 0.5) is 5.69 Å². The predicted octanol–water partition coefficient (Wildman–Crippen LogP) is 5.24. The van der Waals surface area contributed by atoms with Crippen molar-refractivity contribution in [2.45, 2.75) is 44.7 Å². The van der Waals surface area contributed by atoms with Crippen LogP contribution in [0.3, 0.4) is 0 Å². The van der Waals surface area contributed by atoms with Crippen LogP contribution in [0, 0.1) is 0 Å². The number of hydrogen-bond donors (Lipinski definition) is 4. The third-order valence-corrected chi connectivity index (χ3v) is 9.19. The average molecular weight is 659 g/mol. The zero-order valence-electron chi connectivity index (χ0n) is 27.5. The minimum absolute atomic E-state index is 0.175. The van der Waals surface area contributed by atoms with Gasteiger partial charge in [0.05, 0.1) is 33.1 Å². The highest BCUT2D eigenvalue weighted by atomic mass is 32.2. The van der Waals surface area contributed by atoms with Crippen molar-refractivity contribution >= 4 is 40.2 Å². The van der Waals surface area contributed by atoms with Crippen molar-refractivity contribution in [2.75, 3.05) is 45.2 Å². The lowest BCUT2D eigenvalue weighted by atomic mass is 9.95. The molecule has 0 bridgehead atoms. The number of H-pyrrole nitrogens is 1. The Hall–Kier alpha value is -4.64. The zero-order valence-corrected chi connectivity index (χ0v) is 28.3. The summed E-state index contributed by atoms with van der Waals surface area (Å²) in [6.07, 6.45) is 6.32. The Bertz CT molecular complexity index is 1820. The molecule has 0 fully saturated rings. The topological polar surface area (TPSA) is 131 Å². The first-order valence-corrected chi connectivity index (χ1v) is 17.0. The summed E-state index contributed by atoms with van der Waals surface area (Å²) in [5.41, 5.74) is 5.28. The van der Waals surface area contributed by atoms with Gasteiger partial charge in [-0.1, -0.05) is 24.3 Å². The number of thioether (sulfide) groups is 1. The fraction of sp³-hybridized carbons (Fsp3) is 0.361. The van der Waals surface area contributed by atoms with Crippen molar-refractivity contribution in [3.8, 4) is 28.4 Å². The molecule has 1 aromatic heterocycles. The van der Waals surface area contributed by atoms with Crippen LogP contribution in [0.15, 0.2) is 59.5 Å². The van der Waals surface area contributed by atoms with Crippen LogP contribution in [-0.2, 0) is 22.4 Å². The van der Waals surface area contributed by atoms with E-state index in [1.807, 2.05) is 42.8 Å². The summed E-state index contributed by atoms with van der Waals surface area (Å²) < 4.78 is 17.2. The number of aromatic amines is 1. The fourth-order valence-corrected chi connectivity index (χ4v) is 6.77. The highest BCUT2D eigenvalue weighted by Crippen LogP contribution is 2.50. The molecule has 4 N–H and O–H groups in total. The quantitative estimate of drug-likeness (QED) is 0.154. The molecule has 10 nitrogen and oxygen atoms in total. The summed E-state index contributed by atoms with van der Waals surface area (Å²) in [7, 11) is 4.69. The lowest BCUT2D eigenvalue weighted by Crippen LogP contribution is -2.41. The Kier molecular flexibility index (Phi) is 11.0. The molecular formula is C36H42N4O6S. The summed E-state index contributed by atoms with van der Waals surface area (Å²) in [5.74, 6) is 1.80. The smallest absolute Gasteiger partial charge is 0.242 e. The molecule has 2 atom stereocenters. The SMILES string of the molecule is COc1cc2c(c(OC)c1OC)-c1ccc(N[C@@H](CCSC)C(=O)NCCc3c[nH]c4ccccc34)c(=O)cc1[C@@H](NC(C)=O)CC2. The van der Waals surface area contributed by atoms with Gasteiger partial charge in [-0.2, -0.15) is 11.8 Å². The van der Waals surface area contributed by atoms with Crippen molar-refractivity contribution in [3.63, 3.8) is 0 Å². The number of aromatic nitrogens is 1. The lowest BCUT2D eigenvalue weighted by molar-refractivity contribution is -0.122. The number of rotatable bonds is 13. The Labute approximate surface area is 279 Å². The van der Waals surface area contributed by atoms with Crippen molar-refractivity contribution in [1.82, 2.24) is 15.6 Å². The van der Waals surface area contributed by atoms with Crippen LogP contribution in [0.2, 0.25) is 0 Å². The minimum Gasteiger partial charge on any atom is -0.493 e. The van der Waals surface area contributed by atoms with E-state index in [1.165, 1.54) is 6.92 Å². The van der Waals surface area contributed by atoms with Gasteiger partial charge in [-0.05, 0) is 84.2 Å². The first-order valence-electron chi connectivity index (χ1n) is 15.6. The number of aryl methyl sites for hydroxylation is 1. The summed E-state index contributed by atoms with van der Waals surface area (Å²) in [6.45, 7) is 1.92. The van der Waals surface area contributed by atoms with Crippen LogP contribution in [0.5, 0.6) is 17.2 Å². The van der Waals surface area contributed by atoms with Gasteiger partial charge in [0.2, 0.25) is 23.0 Å². The number of amides is 2. The minimum atomic E-state index is -0.627. The van der Waals surface area contributed by atoms with Crippen LogP contribution in [-0.4, -0.2) is 62.7 Å². The fourth-order valence-electron chi connectivity index (χ4n) is 6.30. The molecule has 3 aromatic carbocycles. The van der Waals surface area contributed by atoms with Crippen LogP contribution in [0.1, 0.15) is 42.5 Å². The molecule has 4 aromatic rings. The van der Waals surface area contributed by atoms with E-state index in [-0.39, 0.29) is 17.2 Å². The number of ether oxygens (including phenoxy) is 3. The van der Waals surface area contributed by atoms with Gasteiger partial charge in [0.1, 0.15) is 6.04 Å². The maximum absolute atomic E-state index is 13.9. The van der Waals surface area contributed by atoms with Crippen LogP contribution in [0.25, 0.3) is 22.0 Å². The number of benzene rings is 2. The normalized spacial score (nSPS) is 14.3. The molecule has 0 radical (unpaired) electrons. The van der Waals surface area contributed by atoms with E-state index in [4.69, 9.17) is 14.2 Å². The number of methoxy groups -OCH3 is 3. The second kappa shape index (κ2) is 15.3. The van der Waals surface area contributed by atoms with Gasteiger partial charge in [0.25, 0.3) is 0 Å². The molecule has 11 heteroatoms. The van der Waals surface area contributed by atoms with Crippen molar-refractivity contribution in [1.29, 1.82) is 0 Å². The summed E-state index contributed by atoms with van der Waals surface area (Å²) in [5, 5.41) is 10.5. The van der Waals surface area contributed by atoms with E-state index in [0.717, 1.165) is 38.9 Å². The molecule has 0 unspecified atom stereocenters. The zero-order chi connectivity index (χ0) is 33.5. The average Bonchev–Trinajstić information content (AvgIpc) is 3.34. The highest BCUT2D eigenvalue weighted by Gasteiger charge is 2.30. The van der Waals surface area contributed by atoms with Gasteiger partial charge in [0.15, 0.2) is 11.5 Å². The molecule has 0 aliphatic heterocycles. The van der Waals surface area contributed by atoms with Crippen molar-refractivity contribution < 1.29 is 23.8 Å². The molecule has 47 heavy (non-hydrogen) atoms. The van der Waals surface area contributed by atoms with E-state index in [2.05, 4.69) is 27.0 Å². The third kappa shape index (κ3) is 7.35. The molecule has 1 heterocycles. The standard InChI is InChI=1S/C36H42N4O6S/c1-21(41)39-28-12-10-22-18-32(44-2)34(45-3)35(46-4)33(22)25-11-13-29(31(42)19-26(25)28)40-30(15-17-47-5)36(43)37-16-14-23-20-38-27-9-7-6-8-24(23)27/h6-9,11,13,18-20,28,30,38H,10,12,14-17H2,1-5H3,(H,37,43)(H,39,41)(H,40,42)/t28-,30-/m0/s1. The first kappa shape index (κ1) is 33.7. The number of carbonyl (C=O) groups excluding carboxylic acids is 2. The Morgan fingerprint density at radius 1 is 1.04 bits per heavy atom. The lowest BCUT2D eigenvalue weighted by Gasteiger charge is -2.19. The monoisotopic (exact) mass is 658 g/mol. The van der Waals surface area contributed by atoms with Gasteiger partial charge in [-0.3, -0.25) is 14.4 Å². The molecule has 248 valence electrons. The van der Waals surface area contributed by atoms with E-state index >= 15 is 0 Å². The Morgan fingerprint density at radius 2 is 1.83 bits per heavy atom. The third-order valence-electron chi connectivity index (χ3n) is 8.54. The molecular weight excluding hydrogens is 616 g/mol. The van der Waals surface area contributed by atoms with Crippen LogP contribution >= 0.6 is 11.8 Å². The highest BCUT2D eigenvalue weighted by molar-refractivity contribution is 7.98. The number of para-hydroxylation sites is 1. The van der Waals surface area contributed by atoms with Gasteiger partial charge in [0, 0.05) is 36.1 Å². The van der Waals surface area contributed by atoms with Crippen molar-refractivity contribution in [2.24, 2.45) is 0 Å². The van der Waals surface area contributed by atoms with E-state index in [9.17, 15) is 14.4 Å². The van der Waals surface area contributed by atoms with Gasteiger partial charge in [-0.25, -0.2) is 0 Å². The molecule has 1 aliphatic rings. The first-order chi connectivity index (χ1) is 22.8. The van der Waals surface area contributed by atoms with Gasteiger partial charge >= 0.3 is 0 Å². The summed E-state index contributed by atoms with van der Waals surface area (Å²) in [6, 6.07) is 14.1. The molecule has 0 saturated heterocycles. The predicted molar refractivity (Wildman–Crippen MR) is 188 cm³/mol. The summed E-state index contributed by atoms with van der Waals surface area (Å²) in [4.78, 5) is 42.9. The number of fused-ring (bicyclic) bond motifs is 4. The van der Waals surface area contributed by atoms with Crippen molar-refractivity contribution in [3.05, 3.63) is 81.6 Å². The van der Waals surface area contributed by atoms with Crippen LogP contribution < -0.4 is 35.6 Å². The maximum atomic E-state index is 13.9. The second-order valence-corrected chi connectivity index (χ2v) is 12.5. The van der Waals surface area contributed by atoms with E-state index in [1.54, 1.807) is 45.2 Å². The molecule has 2 amide bonds. The Balaban J connectivity index is 1.49. The molecule has 0 spiro atoms. The number of nitrogens with one attached hydrogen (secondary N) is 4. The molecule has 0 saturated carbocycles. The number of carbonyl (C=O) groups is 2. The molecule has 1 aliphatic carbocycles. The Morgan fingerprint density at radius 3 is 2.55 bits per heavy atom. The van der Waals surface area contributed by atoms with Gasteiger partial charge in [-0.15, -0.1) is 0 Å². The maximum Gasteiger partial charge on any atom is 0.242 e. The van der Waals surface area contributed by atoms with Gasteiger partial charge < -0.3 is 35.1 Å².